The number of carbonyl (C=O) groups is 1. The summed E-state index contributed by atoms with van der Waals surface area (Å²) in [7, 11) is 0. The number of aliphatic hydroxyl groups excluding tert-OH is 1. The lowest BCUT2D eigenvalue weighted by Gasteiger charge is -2.39. The summed E-state index contributed by atoms with van der Waals surface area (Å²) in [6.45, 7) is 7.86. The molecule has 2 atom stereocenters. The molecule has 1 aliphatic rings. The van der Waals surface area contributed by atoms with Crippen LogP contribution in [0.25, 0.3) is 0 Å². The summed E-state index contributed by atoms with van der Waals surface area (Å²) in [5.41, 5.74) is 0.727. The minimum atomic E-state index is -0.919. The van der Waals surface area contributed by atoms with Crippen molar-refractivity contribution in [3.63, 3.8) is 0 Å². The van der Waals surface area contributed by atoms with E-state index >= 15 is 0 Å². The van der Waals surface area contributed by atoms with E-state index in [1.165, 1.54) is 10.5 Å². The van der Waals surface area contributed by atoms with Crippen LogP contribution in [-0.4, -0.2) is 57.4 Å². The molecule has 1 aromatic rings. The lowest BCUT2D eigenvalue weighted by molar-refractivity contribution is 0.0502. The van der Waals surface area contributed by atoms with Crippen LogP contribution in [0.5, 0.6) is 0 Å². The monoisotopic (exact) mass is 306 g/mol. The minimum Gasteiger partial charge on any atom is -0.465 e. The van der Waals surface area contributed by atoms with Gasteiger partial charge in [0.15, 0.2) is 0 Å². The number of benzene rings is 1. The number of hydrogen-bond acceptors (Lipinski definition) is 3. The Morgan fingerprint density at radius 1 is 1.27 bits per heavy atom. The highest BCUT2D eigenvalue weighted by Gasteiger charge is 2.42. The average Bonchev–Trinajstić information content (AvgIpc) is 2.80. The van der Waals surface area contributed by atoms with Crippen LogP contribution in [0.3, 0.4) is 0 Å². The van der Waals surface area contributed by atoms with Gasteiger partial charge in [0.2, 0.25) is 0 Å². The Morgan fingerprint density at radius 2 is 1.91 bits per heavy atom. The van der Waals surface area contributed by atoms with Crippen molar-refractivity contribution in [2.45, 2.75) is 38.9 Å². The predicted octanol–water partition coefficient (Wildman–Crippen LogP) is 2.26. The molecule has 1 heterocycles. The fourth-order valence-corrected chi connectivity index (χ4v) is 3.31. The summed E-state index contributed by atoms with van der Waals surface area (Å²) < 4.78 is 0. The Balaban J connectivity index is 2.13. The van der Waals surface area contributed by atoms with Gasteiger partial charge in [-0.2, -0.15) is 0 Å². The van der Waals surface area contributed by atoms with Crippen molar-refractivity contribution in [1.29, 1.82) is 0 Å². The molecule has 1 amide bonds. The van der Waals surface area contributed by atoms with Crippen LogP contribution in [-0.2, 0) is 6.54 Å². The van der Waals surface area contributed by atoms with E-state index in [-0.39, 0.29) is 18.6 Å². The predicted molar refractivity (Wildman–Crippen MR) is 85.7 cm³/mol. The third-order valence-corrected chi connectivity index (χ3v) is 4.23. The Bertz CT molecular complexity index is 498. The molecule has 2 rings (SSSR count). The second-order valence-corrected chi connectivity index (χ2v) is 7.01. The summed E-state index contributed by atoms with van der Waals surface area (Å²) in [5, 5.41) is 19.3. The van der Waals surface area contributed by atoms with Crippen molar-refractivity contribution in [3.05, 3.63) is 35.9 Å². The van der Waals surface area contributed by atoms with Crippen molar-refractivity contribution in [2.75, 3.05) is 19.7 Å². The Labute approximate surface area is 132 Å². The van der Waals surface area contributed by atoms with Gasteiger partial charge in [0.05, 0.1) is 6.04 Å². The third kappa shape index (κ3) is 3.78. The zero-order valence-corrected chi connectivity index (χ0v) is 13.6. The molecule has 0 bridgehead atoms. The van der Waals surface area contributed by atoms with Crippen molar-refractivity contribution >= 4 is 6.09 Å². The molecule has 0 radical (unpaired) electrons. The molecule has 0 saturated carbocycles. The molecular formula is C17H26N2O3. The van der Waals surface area contributed by atoms with Crippen LogP contribution in [0.2, 0.25) is 0 Å². The van der Waals surface area contributed by atoms with Crippen LogP contribution in [0, 0.1) is 5.92 Å². The molecule has 0 aromatic heterocycles. The van der Waals surface area contributed by atoms with E-state index in [1.54, 1.807) is 0 Å². The lowest BCUT2D eigenvalue weighted by atomic mass is 9.97. The van der Waals surface area contributed by atoms with Crippen LogP contribution < -0.4 is 0 Å². The molecule has 1 aliphatic heterocycles. The van der Waals surface area contributed by atoms with Crippen LogP contribution in [0.4, 0.5) is 4.79 Å². The van der Waals surface area contributed by atoms with Gasteiger partial charge in [0, 0.05) is 37.7 Å². The first-order chi connectivity index (χ1) is 10.3. The average molecular weight is 306 g/mol. The van der Waals surface area contributed by atoms with E-state index in [0.717, 1.165) is 13.1 Å². The Kier molecular flexibility index (Phi) is 5.08. The smallest absolute Gasteiger partial charge is 0.408 e. The lowest BCUT2D eigenvalue weighted by Crippen LogP contribution is -2.54. The second kappa shape index (κ2) is 6.67. The highest BCUT2D eigenvalue weighted by molar-refractivity contribution is 5.66. The first-order valence-corrected chi connectivity index (χ1v) is 7.72. The van der Waals surface area contributed by atoms with E-state index in [0.29, 0.717) is 6.54 Å². The number of carboxylic acid groups (broad SMARTS) is 1. The summed E-state index contributed by atoms with van der Waals surface area (Å²) in [6.07, 6.45) is -0.919. The number of aliphatic hydroxyl groups is 1. The van der Waals surface area contributed by atoms with E-state index in [1.807, 2.05) is 39.0 Å². The summed E-state index contributed by atoms with van der Waals surface area (Å²) >= 11 is 0. The quantitative estimate of drug-likeness (QED) is 0.895. The fourth-order valence-electron chi connectivity index (χ4n) is 3.31. The number of amides is 1. The topological polar surface area (TPSA) is 64.0 Å². The number of nitrogens with zero attached hydrogens (tertiary/aromatic N) is 2. The van der Waals surface area contributed by atoms with E-state index in [9.17, 15) is 15.0 Å². The van der Waals surface area contributed by atoms with Crippen LogP contribution >= 0.6 is 0 Å². The molecule has 5 nitrogen and oxygen atoms in total. The first kappa shape index (κ1) is 16.8. The van der Waals surface area contributed by atoms with Gasteiger partial charge in [-0.25, -0.2) is 4.79 Å². The van der Waals surface area contributed by atoms with Gasteiger partial charge in [0.25, 0.3) is 0 Å². The molecule has 0 aliphatic carbocycles. The van der Waals surface area contributed by atoms with Crippen molar-refractivity contribution in [3.8, 4) is 0 Å². The zero-order valence-electron chi connectivity index (χ0n) is 13.6. The fraction of sp³-hybridized carbons (Fsp3) is 0.588. The molecule has 0 spiro atoms. The highest BCUT2D eigenvalue weighted by atomic mass is 16.4. The third-order valence-electron chi connectivity index (χ3n) is 4.23. The molecule has 122 valence electrons. The largest absolute Gasteiger partial charge is 0.465 e. The molecule has 22 heavy (non-hydrogen) atoms. The molecule has 1 aromatic carbocycles. The van der Waals surface area contributed by atoms with Gasteiger partial charge in [0.1, 0.15) is 0 Å². The van der Waals surface area contributed by atoms with Gasteiger partial charge >= 0.3 is 6.09 Å². The number of rotatable bonds is 4. The van der Waals surface area contributed by atoms with Gasteiger partial charge < -0.3 is 10.2 Å². The molecule has 2 N–H and O–H groups in total. The highest BCUT2D eigenvalue weighted by Crippen LogP contribution is 2.29. The maximum atomic E-state index is 11.7. The SMILES string of the molecule is CC(C)(C)N(C(=O)O)[C@H]1CN(Cc2ccccc2)C[C@@H]1CO. The molecule has 5 heteroatoms. The Hall–Kier alpha value is -1.59. The normalized spacial score (nSPS) is 22.7. The van der Waals surface area contributed by atoms with E-state index < -0.39 is 11.6 Å². The Morgan fingerprint density at radius 3 is 2.41 bits per heavy atom. The van der Waals surface area contributed by atoms with Crippen molar-refractivity contribution in [1.82, 2.24) is 9.80 Å². The van der Waals surface area contributed by atoms with Gasteiger partial charge in [-0.05, 0) is 26.3 Å². The van der Waals surface area contributed by atoms with Gasteiger partial charge in [-0.1, -0.05) is 30.3 Å². The molecule has 1 fully saturated rings. The summed E-state index contributed by atoms with van der Waals surface area (Å²) in [5.74, 6) is -0.0426. The molecule has 1 saturated heterocycles. The van der Waals surface area contributed by atoms with Crippen LogP contribution in [0.15, 0.2) is 30.3 Å². The van der Waals surface area contributed by atoms with Crippen molar-refractivity contribution < 1.29 is 15.0 Å². The number of likely N-dealkylation sites (tertiary alicyclic amines) is 1. The van der Waals surface area contributed by atoms with Gasteiger partial charge in [-0.15, -0.1) is 0 Å². The molecule has 0 unspecified atom stereocenters. The maximum Gasteiger partial charge on any atom is 0.408 e. The van der Waals surface area contributed by atoms with Crippen LogP contribution in [0.1, 0.15) is 26.3 Å². The number of hydrogen-bond donors (Lipinski definition) is 2. The first-order valence-electron chi connectivity index (χ1n) is 7.72. The minimum absolute atomic E-state index is 0.00974. The van der Waals surface area contributed by atoms with E-state index in [4.69, 9.17) is 0 Å². The zero-order chi connectivity index (χ0) is 16.3. The second-order valence-electron chi connectivity index (χ2n) is 7.01. The summed E-state index contributed by atoms with van der Waals surface area (Å²) in [4.78, 5) is 15.4. The van der Waals surface area contributed by atoms with Gasteiger partial charge in [-0.3, -0.25) is 9.80 Å². The standard InChI is InChI=1S/C17H26N2O3/c1-17(2,3)19(16(21)22)15-11-18(10-14(15)12-20)9-13-7-5-4-6-8-13/h4-8,14-15,20H,9-12H2,1-3H3,(H,21,22)/t14-,15+/m1/s1. The van der Waals surface area contributed by atoms with Crippen molar-refractivity contribution in [2.24, 2.45) is 5.92 Å². The summed E-state index contributed by atoms with van der Waals surface area (Å²) in [6, 6.07) is 9.96. The van der Waals surface area contributed by atoms with E-state index in [2.05, 4.69) is 17.0 Å². The maximum absolute atomic E-state index is 11.7. The molecular weight excluding hydrogens is 280 g/mol.